The summed E-state index contributed by atoms with van der Waals surface area (Å²) in [6.07, 6.45) is 9.76. The van der Waals surface area contributed by atoms with Crippen molar-refractivity contribution >= 4 is 5.97 Å². The number of esters is 1. The average Bonchev–Trinajstić information content (AvgIpc) is 2.37. The van der Waals surface area contributed by atoms with Crippen LogP contribution >= 0.6 is 0 Å². The third-order valence-electron chi connectivity index (χ3n) is 4.05. The number of ether oxygens (including phenoxy) is 1. The second kappa shape index (κ2) is 9.35. The van der Waals surface area contributed by atoms with E-state index in [1.54, 1.807) is 0 Å². The Morgan fingerprint density at radius 3 is 2.32 bits per heavy atom. The number of aliphatic hydroxyl groups is 1. The van der Waals surface area contributed by atoms with E-state index in [1.165, 1.54) is 25.7 Å². The quantitative estimate of drug-likeness (QED) is 0.511. The van der Waals surface area contributed by atoms with Crippen molar-refractivity contribution in [3.8, 4) is 0 Å². The van der Waals surface area contributed by atoms with Crippen molar-refractivity contribution < 1.29 is 14.6 Å². The highest BCUT2D eigenvalue weighted by molar-refractivity contribution is 5.74. The molecule has 1 aliphatic rings. The smallest absolute Gasteiger partial charge is 0.311 e. The first-order valence-corrected chi connectivity index (χ1v) is 8.07. The number of hydrogen-bond donors (Lipinski definition) is 1. The van der Waals surface area contributed by atoms with Crippen LogP contribution in [0, 0.1) is 5.92 Å². The zero-order chi connectivity index (χ0) is 14.1. The van der Waals surface area contributed by atoms with Gasteiger partial charge in [-0.3, -0.25) is 4.79 Å². The molecule has 0 spiro atoms. The molecule has 1 saturated heterocycles. The maximum Gasteiger partial charge on any atom is 0.311 e. The largest absolute Gasteiger partial charge is 0.462 e. The van der Waals surface area contributed by atoms with Gasteiger partial charge in [-0.15, -0.1) is 0 Å². The van der Waals surface area contributed by atoms with Gasteiger partial charge in [-0.2, -0.15) is 0 Å². The van der Waals surface area contributed by atoms with Crippen molar-refractivity contribution in [1.82, 2.24) is 0 Å². The molecule has 1 N–H and O–H groups in total. The van der Waals surface area contributed by atoms with Crippen molar-refractivity contribution in [2.75, 3.05) is 0 Å². The van der Waals surface area contributed by atoms with Gasteiger partial charge in [0.2, 0.25) is 0 Å². The highest BCUT2D eigenvalue weighted by Crippen LogP contribution is 2.28. The second-order valence-electron chi connectivity index (χ2n) is 5.81. The van der Waals surface area contributed by atoms with Gasteiger partial charge in [0.15, 0.2) is 0 Å². The number of hydrogen-bond acceptors (Lipinski definition) is 3. The minimum absolute atomic E-state index is 0.0547. The minimum atomic E-state index is -0.491. The molecule has 0 radical (unpaired) electrons. The monoisotopic (exact) mass is 270 g/mol. The molecule has 3 atom stereocenters. The van der Waals surface area contributed by atoms with Crippen LogP contribution in [0.5, 0.6) is 0 Å². The molecular formula is C16H30O3. The Labute approximate surface area is 117 Å². The van der Waals surface area contributed by atoms with Gasteiger partial charge >= 0.3 is 5.97 Å². The van der Waals surface area contributed by atoms with Crippen LogP contribution in [-0.4, -0.2) is 23.3 Å². The Kier molecular flexibility index (Phi) is 8.11. The molecule has 0 aromatic rings. The van der Waals surface area contributed by atoms with E-state index >= 15 is 0 Å². The molecule has 0 aliphatic carbocycles. The zero-order valence-corrected chi connectivity index (χ0v) is 12.6. The van der Waals surface area contributed by atoms with E-state index in [4.69, 9.17) is 4.74 Å². The van der Waals surface area contributed by atoms with Crippen LogP contribution in [0.3, 0.4) is 0 Å². The van der Waals surface area contributed by atoms with Crippen LogP contribution in [-0.2, 0) is 9.53 Å². The number of rotatable bonds is 9. The summed E-state index contributed by atoms with van der Waals surface area (Å²) < 4.78 is 5.47. The lowest BCUT2D eigenvalue weighted by molar-refractivity contribution is -0.170. The molecule has 3 nitrogen and oxygen atoms in total. The number of cyclic esters (lactones) is 1. The van der Waals surface area contributed by atoms with E-state index in [1.807, 2.05) is 0 Å². The standard InChI is InChI=1S/C16H30O3/c1-3-5-7-9-11-14-15(17)12-13(19-16(14)18)10-8-6-4-2/h13-15,17H,3-12H2,1-2H3. The maximum atomic E-state index is 11.9. The molecule has 3 unspecified atom stereocenters. The minimum Gasteiger partial charge on any atom is -0.462 e. The van der Waals surface area contributed by atoms with E-state index in [0.717, 1.165) is 32.1 Å². The Balaban J connectivity index is 2.28. The third-order valence-corrected chi connectivity index (χ3v) is 4.05. The van der Waals surface area contributed by atoms with Crippen molar-refractivity contribution in [3.05, 3.63) is 0 Å². The van der Waals surface area contributed by atoms with E-state index in [2.05, 4.69) is 13.8 Å². The molecule has 112 valence electrons. The Hall–Kier alpha value is -0.570. The molecule has 0 aromatic carbocycles. The van der Waals surface area contributed by atoms with Gasteiger partial charge in [0, 0.05) is 6.42 Å². The van der Waals surface area contributed by atoms with Crippen molar-refractivity contribution in [1.29, 1.82) is 0 Å². The van der Waals surface area contributed by atoms with Crippen LogP contribution in [0.15, 0.2) is 0 Å². The summed E-state index contributed by atoms with van der Waals surface area (Å²) in [4.78, 5) is 11.9. The third kappa shape index (κ3) is 5.94. The van der Waals surface area contributed by atoms with Crippen LogP contribution in [0.4, 0.5) is 0 Å². The van der Waals surface area contributed by atoms with Gasteiger partial charge in [0.05, 0.1) is 12.0 Å². The van der Waals surface area contributed by atoms with Crippen molar-refractivity contribution in [2.45, 2.75) is 90.3 Å². The van der Waals surface area contributed by atoms with Gasteiger partial charge < -0.3 is 9.84 Å². The van der Waals surface area contributed by atoms with Crippen molar-refractivity contribution in [2.24, 2.45) is 5.92 Å². The van der Waals surface area contributed by atoms with Gasteiger partial charge in [0.25, 0.3) is 0 Å². The summed E-state index contributed by atoms with van der Waals surface area (Å²) in [5.41, 5.74) is 0. The predicted molar refractivity (Wildman–Crippen MR) is 76.9 cm³/mol. The van der Waals surface area contributed by atoms with Gasteiger partial charge in [0.1, 0.15) is 6.10 Å². The fourth-order valence-corrected chi connectivity index (χ4v) is 2.79. The van der Waals surface area contributed by atoms with Crippen LogP contribution in [0.2, 0.25) is 0 Å². The highest BCUT2D eigenvalue weighted by atomic mass is 16.5. The lowest BCUT2D eigenvalue weighted by atomic mass is 9.88. The molecule has 1 rings (SSSR count). The molecule has 1 fully saturated rings. The van der Waals surface area contributed by atoms with E-state index in [-0.39, 0.29) is 18.0 Å². The molecule has 3 heteroatoms. The molecule has 0 aromatic heterocycles. The van der Waals surface area contributed by atoms with Gasteiger partial charge in [-0.25, -0.2) is 0 Å². The maximum absolute atomic E-state index is 11.9. The lowest BCUT2D eigenvalue weighted by Gasteiger charge is -2.32. The molecule has 0 bridgehead atoms. The summed E-state index contributed by atoms with van der Waals surface area (Å²) >= 11 is 0. The first kappa shape index (κ1) is 16.5. The van der Waals surface area contributed by atoms with E-state index < -0.39 is 6.10 Å². The van der Waals surface area contributed by atoms with Crippen molar-refractivity contribution in [3.63, 3.8) is 0 Å². The molecule has 19 heavy (non-hydrogen) atoms. The van der Waals surface area contributed by atoms with Crippen LogP contribution in [0.1, 0.15) is 78.1 Å². The summed E-state index contributed by atoms with van der Waals surface area (Å²) in [5, 5.41) is 10.1. The van der Waals surface area contributed by atoms with Gasteiger partial charge in [-0.1, -0.05) is 52.4 Å². The average molecular weight is 270 g/mol. The summed E-state index contributed by atoms with van der Waals surface area (Å²) in [7, 11) is 0. The Morgan fingerprint density at radius 2 is 1.68 bits per heavy atom. The van der Waals surface area contributed by atoms with Crippen LogP contribution in [0.25, 0.3) is 0 Å². The first-order chi connectivity index (χ1) is 9.19. The highest BCUT2D eigenvalue weighted by Gasteiger charge is 2.36. The number of carbonyl (C=O) groups excluding carboxylic acids is 1. The Morgan fingerprint density at radius 1 is 1.05 bits per heavy atom. The molecule has 1 aliphatic heterocycles. The summed E-state index contributed by atoms with van der Waals surface area (Å²) in [6, 6.07) is 0. The summed E-state index contributed by atoms with van der Waals surface area (Å²) in [6.45, 7) is 4.33. The molecular weight excluding hydrogens is 240 g/mol. The number of aliphatic hydroxyl groups excluding tert-OH is 1. The fourth-order valence-electron chi connectivity index (χ4n) is 2.79. The van der Waals surface area contributed by atoms with Gasteiger partial charge in [-0.05, 0) is 19.3 Å². The molecule has 1 heterocycles. The first-order valence-electron chi connectivity index (χ1n) is 8.07. The van der Waals surface area contributed by atoms with E-state index in [9.17, 15) is 9.90 Å². The second-order valence-corrected chi connectivity index (χ2v) is 5.81. The predicted octanol–water partition coefficient (Wildman–Crippen LogP) is 3.83. The summed E-state index contributed by atoms with van der Waals surface area (Å²) in [5.74, 6) is -0.448. The lowest BCUT2D eigenvalue weighted by Crippen LogP contribution is -2.41. The fraction of sp³-hybridized carbons (Fsp3) is 0.938. The normalized spacial score (nSPS) is 27.3. The zero-order valence-electron chi connectivity index (χ0n) is 12.6. The van der Waals surface area contributed by atoms with E-state index in [0.29, 0.717) is 6.42 Å². The SMILES string of the molecule is CCCCCCC1C(=O)OC(CCCCC)CC1O. The number of carbonyl (C=O) groups is 1. The Bertz CT molecular complexity index is 252. The molecule has 0 amide bonds. The topological polar surface area (TPSA) is 46.5 Å². The molecule has 0 saturated carbocycles. The van der Waals surface area contributed by atoms with Crippen LogP contribution < -0.4 is 0 Å². The number of unbranched alkanes of at least 4 members (excludes halogenated alkanes) is 5.